The van der Waals surface area contributed by atoms with Crippen LogP contribution in [0, 0.1) is 12.8 Å². The maximum Gasteiger partial charge on any atom is 0.264 e. The molecule has 9 heteroatoms. The van der Waals surface area contributed by atoms with Crippen LogP contribution in [0.4, 0.5) is 5.69 Å². The van der Waals surface area contributed by atoms with Gasteiger partial charge in [0.15, 0.2) is 0 Å². The Bertz CT molecular complexity index is 1740. The van der Waals surface area contributed by atoms with Crippen LogP contribution in [-0.4, -0.2) is 44.3 Å². The van der Waals surface area contributed by atoms with E-state index in [0.29, 0.717) is 17.3 Å². The zero-order valence-electron chi connectivity index (χ0n) is 27.7. The first kappa shape index (κ1) is 35.7. The van der Waals surface area contributed by atoms with Gasteiger partial charge >= 0.3 is 0 Å². The average Bonchev–Trinajstić information content (AvgIpc) is 3.04. The molecule has 0 aromatic heterocycles. The molecular formula is C38H44ClN3O4S. The van der Waals surface area contributed by atoms with Gasteiger partial charge in [0.1, 0.15) is 12.6 Å². The van der Waals surface area contributed by atoms with Gasteiger partial charge in [-0.05, 0) is 71.8 Å². The number of nitrogens with one attached hydrogen (secondary N) is 1. The summed E-state index contributed by atoms with van der Waals surface area (Å²) in [6.45, 7) is 9.97. The van der Waals surface area contributed by atoms with Crippen molar-refractivity contribution in [2.24, 2.45) is 5.92 Å². The van der Waals surface area contributed by atoms with Crippen LogP contribution in [0.3, 0.4) is 0 Å². The predicted octanol–water partition coefficient (Wildman–Crippen LogP) is 7.38. The summed E-state index contributed by atoms with van der Waals surface area (Å²) in [5.41, 5.74) is 3.90. The third-order valence-corrected chi connectivity index (χ3v) is 9.96. The van der Waals surface area contributed by atoms with E-state index in [4.69, 9.17) is 11.6 Å². The van der Waals surface area contributed by atoms with Gasteiger partial charge in [-0.1, -0.05) is 112 Å². The summed E-state index contributed by atoms with van der Waals surface area (Å²) in [7, 11) is -4.17. The minimum atomic E-state index is -4.17. The summed E-state index contributed by atoms with van der Waals surface area (Å²) in [5, 5.41) is 3.50. The van der Waals surface area contributed by atoms with Gasteiger partial charge in [0.25, 0.3) is 10.0 Å². The summed E-state index contributed by atoms with van der Waals surface area (Å²) < 4.78 is 29.6. The Morgan fingerprint density at radius 1 is 0.809 bits per heavy atom. The Balaban J connectivity index is 1.81. The Labute approximate surface area is 284 Å². The van der Waals surface area contributed by atoms with Crippen molar-refractivity contribution in [1.82, 2.24) is 10.2 Å². The summed E-state index contributed by atoms with van der Waals surface area (Å²) in [5.74, 6) is -0.400. The van der Waals surface area contributed by atoms with Crippen molar-refractivity contribution in [1.29, 1.82) is 0 Å². The summed E-state index contributed by atoms with van der Waals surface area (Å²) in [6, 6.07) is 29.5. The molecule has 4 aromatic rings. The number of anilines is 1. The molecule has 0 spiro atoms. The van der Waals surface area contributed by atoms with Crippen molar-refractivity contribution in [3.05, 3.63) is 130 Å². The number of amides is 2. The lowest BCUT2D eigenvalue weighted by atomic mass is 10.0. The van der Waals surface area contributed by atoms with Crippen molar-refractivity contribution in [3.8, 4) is 0 Å². The first-order valence-corrected chi connectivity index (χ1v) is 17.7. The predicted molar refractivity (Wildman–Crippen MR) is 190 cm³/mol. The number of benzene rings is 4. The molecule has 248 valence electrons. The highest BCUT2D eigenvalue weighted by Gasteiger charge is 2.34. The Morgan fingerprint density at radius 3 is 2.04 bits per heavy atom. The SMILES string of the molecule is Cc1ccc(S(=O)(=O)N(CC(=O)N(Cc2cccc(Cl)c2)C(Cc2ccccc2)C(=O)NCC(C)C)c2ccc(C(C)C)cc2)cc1. The molecular weight excluding hydrogens is 630 g/mol. The zero-order chi connectivity index (χ0) is 34.1. The molecule has 0 bridgehead atoms. The number of carbonyl (C=O) groups excluding carboxylic acids is 2. The van der Waals surface area contributed by atoms with Crippen molar-refractivity contribution < 1.29 is 18.0 Å². The number of hydrogen-bond acceptors (Lipinski definition) is 4. The number of halogens is 1. The fourth-order valence-corrected chi connectivity index (χ4v) is 6.83. The average molecular weight is 674 g/mol. The minimum absolute atomic E-state index is 0.0523. The fraction of sp³-hybridized carbons (Fsp3) is 0.316. The van der Waals surface area contributed by atoms with Crippen LogP contribution in [0.15, 0.2) is 108 Å². The molecule has 0 heterocycles. The molecule has 7 nitrogen and oxygen atoms in total. The molecule has 0 saturated heterocycles. The van der Waals surface area contributed by atoms with Crippen LogP contribution in [-0.2, 0) is 32.6 Å². The van der Waals surface area contributed by atoms with Crippen LogP contribution in [0.2, 0.25) is 5.02 Å². The smallest absolute Gasteiger partial charge is 0.264 e. The second-order valence-corrected chi connectivity index (χ2v) is 14.9. The number of nitrogens with zero attached hydrogens (tertiary/aromatic N) is 2. The summed E-state index contributed by atoms with van der Waals surface area (Å²) in [4.78, 5) is 30.1. The third-order valence-electron chi connectivity index (χ3n) is 7.93. The maximum atomic E-state index is 14.6. The molecule has 0 aliphatic rings. The lowest BCUT2D eigenvalue weighted by molar-refractivity contribution is -0.140. The Kier molecular flexibility index (Phi) is 12.2. The van der Waals surface area contributed by atoms with E-state index in [9.17, 15) is 18.0 Å². The van der Waals surface area contributed by atoms with E-state index in [-0.39, 0.29) is 35.6 Å². The van der Waals surface area contributed by atoms with E-state index in [1.165, 1.54) is 4.90 Å². The van der Waals surface area contributed by atoms with Crippen LogP contribution < -0.4 is 9.62 Å². The quantitative estimate of drug-likeness (QED) is 0.151. The monoisotopic (exact) mass is 673 g/mol. The molecule has 1 atom stereocenters. The molecule has 0 radical (unpaired) electrons. The highest BCUT2D eigenvalue weighted by atomic mass is 35.5. The molecule has 0 saturated carbocycles. The fourth-order valence-electron chi connectivity index (χ4n) is 5.20. The van der Waals surface area contributed by atoms with E-state index in [2.05, 4.69) is 19.2 Å². The third kappa shape index (κ3) is 9.69. The zero-order valence-corrected chi connectivity index (χ0v) is 29.3. The van der Waals surface area contributed by atoms with Crippen molar-refractivity contribution >= 4 is 39.1 Å². The van der Waals surface area contributed by atoms with Gasteiger partial charge in [-0.15, -0.1) is 0 Å². The van der Waals surface area contributed by atoms with E-state index < -0.39 is 28.5 Å². The normalized spacial score (nSPS) is 12.2. The molecule has 4 aromatic carbocycles. The molecule has 0 aliphatic heterocycles. The van der Waals surface area contributed by atoms with Crippen molar-refractivity contribution in [2.75, 3.05) is 17.4 Å². The second-order valence-electron chi connectivity index (χ2n) is 12.6. The van der Waals surface area contributed by atoms with Crippen LogP contribution in [0.25, 0.3) is 0 Å². The molecule has 1 unspecified atom stereocenters. The number of hydrogen-bond donors (Lipinski definition) is 1. The largest absolute Gasteiger partial charge is 0.354 e. The van der Waals surface area contributed by atoms with Crippen molar-refractivity contribution in [2.45, 2.75) is 64.4 Å². The van der Waals surface area contributed by atoms with E-state index in [1.54, 1.807) is 54.6 Å². The lowest BCUT2D eigenvalue weighted by Crippen LogP contribution is -2.53. The topological polar surface area (TPSA) is 86.8 Å². The summed E-state index contributed by atoms with van der Waals surface area (Å²) in [6.07, 6.45) is 0.241. The van der Waals surface area contributed by atoms with Crippen LogP contribution in [0.1, 0.15) is 55.9 Å². The van der Waals surface area contributed by atoms with Gasteiger partial charge in [-0.2, -0.15) is 0 Å². The van der Waals surface area contributed by atoms with Gasteiger partial charge in [-0.25, -0.2) is 8.42 Å². The highest BCUT2D eigenvalue weighted by molar-refractivity contribution is 7.92. The first-order chi connectivity index (χ1) is 22.3. The Morgan fingerprint density at radius 2 is 1.45 bits per heavy atom. The van der Waals surface area contributed by atoms with Crippen LogP contribution >= 0.6 is 11.6 Å². The minimum Gasteiger partial charge on any atom is -0.354 e. The van der Waals surface area contributed by atoms with Gasteiger partial charge in [0.05, 0.1) is 10.6 Å². The van der Waals surface area contributed by atoms with Gasteiger partial charge in [0, 0.05) is 24.5 Å². The number of rotatable bonds is 14. The van der Waals surface area contributed by atoms with E-state index in [1.807, 2.05) is 69.3 Å². The number of carbonyl (C=O) groups is 2. The van der Waals surface area contributed by atoms with E-state index in [0.717, 1.165) is 26.6 Å². The highest BCUT2D eigenvalue weighted by Crippen LogP contribution is 2.27. The molecule has 0 aliphatic carbocycles. The standard InChI is InChI=1S/C38H44ClN3O4S/c1-27(2)24-40-38(44)36(23-30-10-7-6-8-11-30)41(25-31-12-9-13-33(39)22-31)37(43)26-42(34-18-16-32(17-19-34)28(3)4)47(45,46)35-20-14-29(5)15-21-35/h6-22,27-28,36H,23-26H2,1-5H3,(H,40,44). The molecule has 1 N–H and O–H groups in total. The summed E-state index contributed by atoms with van der Waals surface area (Å²) >= 11 is 6.33. The first-order valence-electron chi connectivity index (χ1n) is 15.9. The second kappa shape index (κ2) is 16.1. The molecule has 4 rings (SSSR count). The molecule has 0 fully saturated rings. The van der Waals surface area contributed by atoms with Gasteiger partial charge < -0.3 is 10.2 Å². The van der Waals surface area contributed by atoms with Gasteiger partial charge in [-0.3, -0.25) is 13.9 Å². The van der Waals surface area contributed by atoms with Crippen molar-refractivity contribution in [3.63, 3.8) is 0 Å². The lowest BCUT2D eigenvalue weighted by Gasteiger charge is -2.34. The van der Waals surface area contributed by atoms with E-state index >= 15 is 0 Å². The van der Waals surface area contributed by atoms with Crippen LogP contribution in [0.5, 0.6) is 0 Å². The molecule has 2 amide bonds. The number of sulfonamides is 1. The maximum absolute atomic E-state index is 14.6. The molecule has 47 heavy (non-hydrogen) atoms. The number of aryl methyl sites for hydroxylation is 1. The van der Waals surface area contributed by atoms with Gasteiger partial charge in [0.2, 0.25) is 11.8 Å². The Hall–Kier alpha value is -4.14.